The fraction of sp³-hybridized carbons (Fsp3) is 0.727. The van der Waals surface area contributed by atoms with Crippen molar-refractivity contribution >= 4 is 0 Å². The van der Waals surface area contributed by atoms with Crippen LogP contribution in [0, 0.1) is 12.8 Å². The summed E-state index contributed by atoms with van der Waals surface area (Å²) in [6.45, 7) is 6.46. The maximum absolute atomic E-state index is 6.22. The van der Waals surface area contributed by atoms with Crippen molar-refractivity contribution in [3.63, 3.8) is 0 Å². The highest BCUT2D eigenvalue weighted by molar-refractivity contribution is 5.20. The summed E-state index contributed by atoms with van der Waals surface area (Å²) >= 11 is 0. The average molecular weight is 195 g/mol. The lowest BCUT2D eigenvalue weighted by Gasteiger charge is -2.20. The van der Waals surface area contributed by atoms with E-state index >= 15 is 0 Å². The Kier molecular flexibility index (Phi) is 3.69. The molecule has 3 heteroatoms. The van der Waals surface area contributed by atoms with Gasteiger partial charge in [-0.2, -0.15) is 5.10 Å². The summed E-state index contributed by atoms with van der Waals surface area (Å²) < 4.78 is 1.89. The van der Waals surface area contributed by atoms with Gasteiger partial charge in [-0.1, -0.05) is 26.7 Å². The topological polar surface area (TPSA) is 43.8 Å². The van der Waals surface area contributed by atoms with Crippen molar-refractivity contribution in [2.45, 2.75) is 39.7 Å². The van der Waals surface area contributed by atoms with Gasteiger partial charge in [0.1, 0.15) is 0 Å². The fourth-order valence-electron chi connectivity index (χ4n) is 1.89. The van der Waals surface area contributed by atoms with E-state index in [4.69, 9.17) is 5.73 Å². The van der Waals surface area contributed by atoms with Crippen molar-refractivity contribution in [2.75, 3.05) is 0 Å². The van der Waals surface area contributed by atoms with E-state index in [2.05, 4.69) is 25.9 Å². The second-order valence-corrected chi connectivity index (χ2v) is 3.91. The number of rotatable bonds is 4. The van der Waals surface area contributed by atoms with Crippen LogP contribution in [-0.4, -0.2) is 9.78 Å². The summed E-state index contributed by atoms with van der Waals surface area (Å²) in [5, 5.41) is 4.22. The number of hydrogen-bond donors (Lipinski definition) is 1. The first-order valence-electron chi connectivity index (χ1n) is 5.35. The van der Waals surface area contributed by atoms with Gasteiger partial charge in [-0.25, -0.2) is 0 Å². The number of aromatic nitrogens is 2. The Labute approximate surface area is 86.3 Å². The zero-order chi connectivity index (χ0) is 10.7. The molecule has 0 spiro atoms. The molecule has 0 fully saturated rings. The lowest BCUT2D eigenvalue weighted by molar-refractivity contribution is 0.404. The molecule has 0 bridgehead atoms. The zero-order valence-electron chi connectivity index (χ0n) is 9.62. The predicted molar refractivity (Wildman–Crippen MR) is 58.9 cm³/mol. The Hall–Kier alpha value is -0.830. The van der Waals surface area contributed by atoms with Crippen LogP contribution in [0.4, 0.5) is 0 Å². The summed E-state index contributed by atoms with van der Waals surface area (Å²) in [4.78, 5) is 0. The highest BCUT2D eigenvalue weighted by Gasteiger charge is 2.19. The van der Waals surface area contributed by atoms with Gasteiger partial charge < -0.3 is 5.73 Å². The van der Waals surface area contributed by atoms with Crippen molar-refractivity contribution in [3.8, 4) is 0 Å². The lowest BCUT2D eigenvalue weighted by atomic mass is 9.90. The number of nitrogens with two attached hydrogens (primary N) is 1. The summed E-state index contributed by atoms with van der Waals surface area (Å²) in [5.41, 5.74) is 8.60. The van der Waals surface area contributed by atoms with Gasteiger partial charge in [-0.3, -0.25) is 4.68 Å². The minimum absolute atomic E-state index is 0.138. The van der Waals surface area contributed by atoms with E-state index < -0.39 is 0 Å². The first-order chi connectivity index (χ1) is 6.61. The van der Waals surface area contributed by atoms with Gasteiger partial charge in [0.15, 0.2) is 0 Å². The summed E-state index contributed by atoms with van der Waals surface area (Å²) in [6, 6.07) is 0.138. The molecular formula is C11H21N3. The van der Waals surface area contributed by atoms with E-state index in [-0.39, 0.29) is 6.04 Å². The van der Waals surface area contributed by atoms with Gasteiger partial charge in [0, 0.05) is 24.3 Å². The molecule has 0 saturated heterocycles. The van der Waals surface area contributed by atoms with Crippen molar-refractivity contribution in [1.29, 1.82) is 0 Å². The third-order valence-corrected chi connectivity index (χ3v) is 3.19. The molecule has 0 aromatic carbocycles. The van der Waals surface area contributed by atoms with Crippen LogP contribution in [0.5, 0.6) is 0 Å². The van der Waals surface area contributed by atoms with E-state index in [1.54, 1.807) is 0 Å². The first kappa shape index (κ1) is 11.2. The third kappa shape index (κ3) is 1.98. The van der Waals surface area contributed by atoms with Crippen molar-refractivity contribution in [2.24, 2.45) is 18.7 Å². The zero-order valence-corrected chi connectivity index (χ0v) is 9.62. The molecular weight excluding hydrogens is 174 g/mol. The van der Waals surface area contributed by atoms with E-state index in [0.29, 0.717) is 5.92 Å². The van der Waals surface area contributed by atoms with E-state index in [1.807, 2.05) is 17.9 Å². The van der Waals surface area contributed by atoms with Gasteiger partial charge in [0.05, 0.1) is 6.20 Å². The molecule has 3 nitrogen and oxygen atoms in total. The SMILES string of the molecule is CCC(CC)C(N)c1cnn(C)c1C. The Bertz CT molecular complexity index is 287. The van der Waals surface area contributed by atoms with Crippen LogP contribution >= 0.6 is 0 Å². The standard InChI is InChI=1S/C11H21N3/c1-5-9(6-2)11(12)10-7-13-14(4)8(10)3/h7,9,11H,5-6,12H2,1-4H3. The Morgan fingerprint density at radius 1 is 1.43 bits per heavy atom. The molecule has 0 amide bonds. The third-order valence-electron chi connectivity index (χ3n) is 3.19. The van der Waals surface area contributed by atoms with Crippen LogP contribution in [0.2, 0.25) is 0 Å². The van der Waals surface area contributed by atoms with Crippen LogP contribution in [0.15, 0.2) is 6.20 Å². The van der Waals surface area contributed by atoms with E-state index in [0.717, 1.165) is 12.8 Å². The smallest absolute Gasteiger partial charge is 0.0540 e. The Morgan fingerprint density at radius 3 is 2.36 bits per heavy atom. The molecule has 1 aromatic rings. The number of hydrogen-bond acceptors (Lipinski definition) is 2. The van der Waals surface area contributed by atoms with Crippen molar-refractivity contribution < 1.29 is 0 Å². The second kappa shape index (κ2) is 4.60. The van der Waals surface area contributed by atoms with Gasteiger partial charge in [-0.05, 0) is 12.8 Å². The molecule has 1 heterocycles. The molecule has 2 N–H and O–H groups in total. The molecule has 0 aliphatic carbocycles. The van der Waals surface area contributed by atoms with Crippen LogP contribution in [-0.2, 0) is 7.05 Å². The van der Waals surface area contributed by atoms with Crippen molar-refractivity contribution in [1.82, 2.24) is 9.78 Å². The van der Waals surface area contributed by atoms with Crippen LogP contribution in [0.3, 0.4) is 0 Å². The first-order valence-corrected chi connectivity index (χ1v) is 5.35. The molecule has 0 radical (unpaired) electrons. The largest absolute Gasteiger partial charge is 0.324 e. The second-order valence-electron chi connectivity index (χ2n) is 3.91. The molecule has 1 rings (SSSR count). The van der Waals surface area contributed by atoms with Gasteiger partial charge >= 0.3 is 0 Å². The van der Waals surface area contributed by atoms with E-state index in [9.17, 15) is 0 Å². The lowest BCUT2D eigenvalue weighted by Crippen LogP contribution is -2.21. The quantitative estimate of drug-likeness (QED) is 0.800. The molecule has 1 unspecified atom stereocenters. The summed E-state index contributed by atoms with van der Waals surface area (Å²) in [5.74, 6) is 0.567. The van der Waals surface area contributed by atoms with E-state index in [1.165, 1.54) is 11.3 Å². The van der Waals surface area contributed by atoms with Crippen LogP contribution < -0.4 is 5.73 Å². The Morgan fingerprint density at radius 2 is 2.00 bits per heavy atom. The molecule has 1 aromatic heterocycles. The number of aryl methyl sites for hydroxylation is 1. The maximum Gasteiger partial charge on any atom is 0.0540 e. The summed E-state index contributed by atoms with van der Waals surface area (Å²) in [6.07, 6.45) is 4.16. The molecule has 80 valence electrons. The predicted octanol–water partition coefficient (Wildman–Crippen LogP) is 2.16. The fourth-order valence-corrected chi connectivity index (χ4v) is 1.89. The van der Waals surface area contributed by atoms with Gasteiger partial charge in [0.25, 0.3) is 0 Å². The van der Waals surface area contributed by atoms with Crippen molar-refractivity contribution in [3.05, 3.63) is 17.5 Å². The molecule has 1 atom stereocenters. The molecule has 0 aliphatic rings. The monoisotopic (exact) mass is 195 g/mol. The van der Waals surface area contributed by atoms with Gasteiger partial charge in [0.2, 0.25) is 0 Å². The van der Waals surface area contributed by atoms with Crippen LogP contribution in [0.25, 0.3) is 0 Å². The molecule has 0 saturated carbocycles. The normalized spacial score (nSPS) is 13.6. The maximum atomic E-state index is 6.22. The van der Waals surface area contributed by atoms with Gasteiger partial charge in [-0.15, -0.1) is 0 Å². The molecule has 14 heavy (non-hydrogen) atoms. The minimum atomic E-state index is 0.138. The minimum Gasteiger partial charge on any atom is -0.324 e. The Balaban J connectivity index is 2.87. The number of nitrogens with zero attached hydrogens (tertiary/aromatic N) is 2. The highest BCUT2D eigenvalue weighted by atomic mass is 15.3. The average Bonchev–Trinajstić information content (AvgIpc) is 2.49. The summed E-state index contributed by atoms with van der Waals surface area (Å²) in [7, 11) is 1.96. The highest BCUT2D eigenvalue weighted by Crippen LogP contribution is 2.26. The molecule has 0 aliphatic heterocycles. The van der Waals surface area contributed by atoms with Crippen LogP contribution in [0.1, 0.15) is 44.0 Å².